The maximum absolute atomic E-state index is 11.5. The van der Waals surface area contributed by atoms with Crippen molar-refractivity contribution in [3.63, 3.8) is 0 Å². The van der Waals surface area contributed by atoms with E-state index < -0.39 is 0 Å². The minimum atomic E-state index is -0.158. The highest BCUT2D eigenvalue weighted by Crippen LogP contribution is 2.14. The molecule has 1 aliphatic heterocycles. The van der Waals surface area contributed by atoms with Crippen LogP contribution in [-0.2, 0) is 9.53 Å². The van der Waals surface area contributed by atoms with Crippen LogP contribution < -0.4 is 10.6 Å². The van der Waals surface area contributed by atoms with Crippen molar-refractivity contribution < 1.29 is 9.53 Å². The molecule has 1 saturated heterocycles. The quantitative estimate of drug-likeness (QED) is 0.833. The lowest BCUT2D eigenvalue weighted by Gasteiger charge is -2.26. The number of hydrogen-bond acceptors (Lipinski definition) is 3. The number of hydrogen-bond donors (Lipinski definition) is 2. The fraction of sp³-hybridized carbons (Fsp3) is 0.364. The fourth-order valence-corrected chi connectivity index (χ4v) is 1.53. The van der Waals surface area contributed by atoms with E-state index in [0.29, 0.717) is 10.7 Å². The first-order valence-electron chi connectivity index (χ1n) is 5.12. The Hall–Kier alpha value is -1.10. The third-order valence-corrected chi connectivity index (χ3v) is 2.54. The van der Waals surface area contributed by atoms with Crippen molar-refractivity contribution in [1.29, 1.82) is 0 Å². The number of carbonyl (C=O) groups is 1. The molecule has 0 aromatic heterocycles. The minimum absolute atomic E-state index is 0.0822. The smallest absolute Gasteiger partial charge is 0.250 e. The van der Waals surface area contributed by atoms with Gasteiger partial charge >= 0.3 is 0 Å². The normalized spacial score (nSPS) is 15.6. The number of ether oxygens (including phenoxy) is 1. The lowest BCUT2D eigenvalue weighted by Crippen LogP contribution is -2.49. The average Bonchev–Trinajstić information content (AvgIpc) is 2.15. The highest BCUT2D eigenvalue weighted by atomic mass is 35.5. The van der Waals surface area contributed by atoms with Crippen LogP contribution in [0.1, 0.15) is 0 Å². The molecule has 0 aliphatic carbocycles. The number of rotatable bonds is 4. The van der Waals surface area contributed by atoms with Crippen molar-refractivity contribution in [2.75, 3.05) is 25.0 Å². The van der Waals surface area contributed by atoms with Crippen LogP contribution in [0.25, 0.3) is 0 Å². The van der Waals surface area contributed by atoms with E-state index in [9.17, 15) is 4.79 Å². The maximum Gasteiger partial charge on any atom is 0.250 e. The monoisotopic (exact) mass is 240 g/mol. The molecule has 1 aromatic rings. The topological polar surface area (TPSA) is 50.4 Å². The van der Waals surface area contributed by atoms with Crippen molar-refractivity contribution in [1.82, 2.24) is 5.32 Å². The second kappa shape index (κ2) is 5.30. The summed E-state index contributed by atoms with van der Waals surface area (Å²) in [5.41, 5.74) is 0.688. The molecule has 0 spiro atoms. The van der Waals surface area contributed by atoms with Gasteiger partial charge in [-0.15, -0.1) is 0 Å². The van der Waals surface area contributed by atoms with Crippen LogP contribution in [0.5, 0.6) is 0 Å². The highest BCUT2D eigenvalue weighted by molar-refractivity contribution is 6.30. The molecule has 1 amide bonds. The molecule has 0 unspecified atom stereocenters. The summed E-state index contributed by atoms with van der Waals surface area (Å²) in [6, 6.07) is 7.03. The van der Waals surface area contributed by atoms with Gasteiger partial charge in [-0.2, -0.15) is 0 Å². The number of carbonyl (C=O) groups excluding carboxylic acids is 1. The lowest BCUT2D eigenvalue weighted by atomic mass is 10.2. The van der Waals surface area contributed by atoms with Gasteiger partial charge in [-0.3, -0.25) is 4.79 Å². The van der Waals surface area contributed by atoms with Gasteiger partial charge in [0.25, 0.3) is 0 Å². The molecule has 0 radical (unpaired) electrons. The lowest BCUT2D eigenvalue weighted by molar-refractivity contribution is -0.123. The predicted molar refractivity (Wildman–Crippen MR) is 62.7 cm³/mol. The van der Waals surface area contributed by atoms with Gasteiger partial charge < -0.3 is 15.4 Å². The fourth-order valence-electron chi connectivity index (χ4n) is 1.34. The van der Waals surface area contributed by atoms with Crippen molar-refractivity contribution in [2.45, 2.75) is 6.10 Å². The van der Waals surface area contributed by atoms with Gasteiger partial charge in [-0.1, -0.05) is 17.7 Å². The summed E-state index contributed by atoms with van der Waals surface area (Å²) in [4.78, 5) is 11.5. The summed E-state index contributed by atoms with van der Waals surface area (Å²) in [6.07, 6.45) is 0.171. The molecule has 1 aromatic carbocycles. The maximum atomic E-state index is 11.5. The van der Waals surface area contributed by atoms with Gasteiger partial charge in [-0.25, -0.2) is 0 Å². The van der Waals surface area contributed by atoms with E-state index in [1.165, 1.54) is 0 Å². The van der Waals surface area contributed by atoms with Crippen LogP contribution in [0.4, 0.5) is 5.69 Å². The number of benzene rings is 1. The Morgan fingerprint density at radius 2 is 2.38 bits per heavy atom. The van der Waals surface area contributed by atoms with Gasteiger partial charge in [0.05, 0.1) is 6.10 Å². The number of amides is 1. The molecule has 0 atom stereocenters. The van der Waals surface area contributed by atoms with Crippen molar-refractivity contribution >= 4 is 23.2 Å². The number of nitrogens with one attached hydrogen (secondary N) is 2. The average molecular weight is 241 g/mol. The summed E-state index contributed by atoms with van der Waals surface area (Å²) in [6.45, 7) is 1.73. The summed E-state index contributed by atoms with van der Waals surface area (Å²) >= 11 is 5.80. The van der Waals surface area contributed by atoms with E-state index in [2.05, 4.69) is 10.6 Å². The summed E-state index contributed by atoms with van der Waals surface area (Å²) in [7, 11) is 0. The SMILES string of the molecule is O=C(COC1CNC1)Nc1cccc(Cl)c1. The Morgan fingerprint density at radius 3 is 3.00 bits per heavy atom. The number of anilines is 1. The molecule has 1 fully saturated rings. The molecule has 2 N–H and O–H groups in total. The van der Waals surface area contributed by atoms with E-state index >= 15 is 0 Å². The standard InChI is InChI=1S/C11H13ClN2O2/c12-8-2-1-3-9(4-8)14-11(15)7-16-10-5-13-6-10/h1-4,10,13H,5-7H2,(H,14,15). The molecule has 86 valence electrons. The van der Waals surface area contributed by atoms with Crippen LogP contribution in [0.15, 0.2) is 24.3 Å². The Balaban J connectivity index is 1.77. The van der Waals surface area contributed by atoms with Crippen LogP contribution >= 0.6 is 11.6 Å². The van der Waals surface area contributed by atoms with Gasteiger partial charge in [0.2, 0.25) is 5.91 Å². The van der Waals surface area contributed by atoms with E-state index in [1.807, 2.05) is 0 Å². The van der Waals surface area contributed by atoms with Crippen LogP contribution in [0.2, 0.25) is 5.02 Å². The Labute approximate surface area is 98.9 Å². The molecule has 16 heavy (non-hydrogen) atoms. The minimum Gasteiger partial charge on any atom is -0.366 e. The second-order valence-corrected chi connectivity index (χ2v) is 4.09. The Bertz CT molecular complexity index is 380. The largest absolute Gasteiger partial charge is 0.366 e. The third-order valence-electron chi connectivity index (χ3n) is 2.30. The molecule has 5 heteroatoms. The summed E-state index contributed by atoms with van der Waals surface area (Å²) < 4.78 is 5.33. The zero-order valence-electron chi connectivity index (χ0n) is 8.70. The van der Waals surface area contributed by atoms with Crippen LogP contribution in [0, 0.1) is 0 Å². The zero-order chi connectivity index (χ0) is 11.4. The van der Waals surface area contributed by atoms with E-state index in [1.54, 1.807) is 24.3 Å². The molecule has 1 aliphatic rings. The molecule has 1 heterocycles. The zero-order valence-corrected chi connectivity index (χ0v) is 9.46. The Morgan fingerprint density at radius 1 is 1.56 bits per heavy atom. The van der Waals surface area contributed by atoms with Gasteiger partial charge in [-0.05, 0) is 18.2 Å². The second-order valence-electron chi connectivity index (χ2n) is 3.65. The molecule has 0 bridgehead atoms. The van der Waals surface area contributed by atoms with Crippen LogP contribution in [0.3, 0.4) is 0 Å². The molecule has 2 rings (SSSR count). The highest BCUT2D eigenvalue weighted by Gasteiger charge is 2.18. The Kier molecular flexibility index (Phi) is 3.77. The first-order valence-corrected chi connectivity index (χ1v) is 5.49. The third kappa shape index (κ3) is 3.20. The summed E-state index contributed by atoms with van der Waals surface area (Å²) in [5.74, 6) is -0.158. The first kappa shape index (κ1) is 11.4. The van der Waals surface area contributed by atoms with Crippen molar-refractivity contribution in [3.05, 3.63) is 29.3 Å². The van der Waals surface area contributed by atoms with Crippen molar-refractivity contribution in [2.24, 2.45) is 0 Å². The first-order chi connectivity index (χ1) is 7.74. The number of halogens is 1. The van der Waals surface area contributed by atoms with E-state index in [-0.39, 0.29) is 18.6 Å². The van der Waals surface area contributed by atoms with Crippen molar-refractivity contribution in [3.8, 4) is 0 Å². The molecular weight excluding hydrogens is 228 g/mol. The van der Waals surface area contributed by atoms with Gasteiger partial charge in [0.1, 0.15) is 6.61 Å². The van der Waals surface area contributed by atoms with E-state index in [0.717, 1.165) is 13.1 Å². The van der Waals surface area contributed by atoms with Gasteiger partial charge in [0.15, 0.2) is 0 Å². The van der Waals surface area contributed by atoms with Crippen LogP contribution in [-0.4, -0.2) is 31.7 Å². The predicted octanol–water partition coefficient (Wildman–Crippen LogP) is 1.27. The molecule has 4 nitrogen and oxygen atoms in total. The van der Waals surface area contributed by atoms with Gasteiger partial charge in [0, 0.05) is 23.8 Å². The molecular formula is C11H13ClN2O2. The van der Waals surface area contributed by atoms with E-state index in [4.69, 9.17) is 16.3 Å². The summed E-state index contributed by atoms with van der Waals surface area (Å²) in [5, 5.41) is 6.38. The molecule has 0 saturated carbocycles.